The van der Waals surface area contributed by atoms with Crippen LogP contribution >= 0.6 is 11.8 Å². The van der Waals surface area contributed by atoms with Crippen LogP contribution in [0.4, 0.5) is 5.82 Å². The van der Waals surface area contributed by atoms with Gasteiger partial charge in [-0.25, -0.2) is 9.97 Å². The van der Waals surface area contributed by atoms with Crippen LogP contribution in [0.5, 0.6) is 0 Å². The number of nitrogens with zero attached hydrogens (tertiary/aromatic N) is 6. The number of β-amino-alcohol motifs (C(OH)–C–C–N with tert-alkyl or cyclic N) is 1. The van der Waals surface area contributed by atoms with Gasteiger partial charge < -0.3 is 19.3 Å². The van der Waals surface area contributed by atoms with Crippen LogP contribution in [0.2, 0.25) is 0 Å². The van der Waals surface area contributed by atoms with Crippen molar-refractivity contribution in [1.82, 2.24) is 24.3 Å². The predicted octanol–water partition coefficient (Wildman–Crippen LogP) is 1.16. The Balaban J connectivity index is 2.01. The summed E-state index contributed by atoms with van der Waals surface area (Å²) < 4.78 is 9.48. The lowest BCUT2D eigenvalue weighted by atomic mass is 10.1. The third-order valence-electron chi connectivity index (χ3n) is 4.62. The van der Waals surface area contributed by atoms with Gasteiger partial charge in [-0.1, -0.05) is 11.8 Å². The third kappa shape index (κ3) is 2.66. The fourth-order valence-electron chi connectivity index (χ4n) is 3.45. The highest BCUT2D eigenvalue weighted by atomic mass is 32.2. The summed E-state index contributed by atoms with van der Waals surface area (Å²) in [6, 6.07) is 0. The lowest BCUT2D eigenvalue weighted by Gasteiger charge is -2.28. The van der Waals surface area contributed by atoms with Gasteiger partial charge in [-0.3, -0.25) is 4.68 Å². The van der Waals surface area contributed by atoms with E-state index in [1.807, 2.05) is 31.2 Å². The smallest absolute Gasteiger partial charge is 0.191 e. The quantitative estimate of drug-likeness (QED) is 0.541. The van der Waals surface area contributed by atoms with E-state index in [0.717, 1.165) is 27.9 Å². The number of fused-ring (bicyclic) bond motifs is 3. The summed E-state index contributed by atoms with van der Waals surface area (Å²) in [4.78, 5) is 11.6. The first kappa shape index (κ1) is 16.6. The molecule has 1 atom stereocenters. The van der Waals surface area contributed by atoms with Crippen LogP contribution in [0.3, 0.4) is 0 Å². The van der Waals surface area contributed by atoms with Crippen molar-refractivity contribution in [3.8, 4) is 0 Å². The van der Waals surface area contributed by atoms with Crippen LogP contribution in [-0.2, 0) is 18.8 Å². The zero-order valence-electron chi connectivity index (χ0n) is 14.9. The number of anilines is 1. The van der Waals surface area contributed by atoms with E-state index in [0.29, 0.717) is 31.5 Å². The Bertz CT molecular complexity index is 947. The second-order valence-electron chi connectivity index (χ2n) is 6.76. The van der Waals surface area contributed by atoms with Crippen molar-refractivity contribution in [3.63, 3.8) is 0 Å². The molecule has 3 aromatic rings. The Morgan fingerprint density at radius 2 is 2.12 bits per heavy atom. The van der Waals surface area contributed by atoms with E-state index in [9.17, 15) is 5.11 Å². The SMILES string of the molecule is CSc1nc(N2CCOC[C@@](C)(O)C2)c2c3c(cnn3C)n(C)c2n1. The maximum Gasteiger partial charge on any atom is 0.191 e. The number of hydrogen-bond donors (Lipinski definition) is 1. The molecule has 0 radical (unpaired) electrons. The van der Waals surface area contributed by atoms with Gasteiger partial charge in [0.1, 0.15) is 17.1 Å². The van der Waals surface area contributed by atoms with Gasteiger partial charge in [-0.15, -0.1) is 0 Å². The Labute approximate surface area is 149 Å². The summed E-state index contributed by atoms with van der Waals surface area (Å²) in [7, 11) is 3.92. The van der Waals surface area contributed by atoms with Crippen molar-refractivity contribution in [3.05, 3.63) is 6.20 Å². The van der Waals surface area contributed by atoms with Crippen LogP contribution in [0.25, 0.3) is 22.1 Å². The summed E-state index contributed by atoms with van der Waals surface area (Å²) in [6.45, 7) is 3.80. The number of thioether (sulfide) groups is 1. The molecule has 1 aliphatic rings. The standard InChI is InChI=1S/C16H22N6O2S/c1-16(23)8-22(5-6-24-9-16)14-11-12-10(7-17-21(12)3)20(2)13(11)18-15(19-14)25-4/h7,23H,5-6,8-9H2,1-4H3/t16-/m0/s1. The molecule has 0 bridgehead atoms. The molecule has 0 amide bonds. The fourth-order valence-corrected chi connectivity index (χ4v) is 3.81. The molecule has 0 unspecified atom stereocenters. The molecule has 4 heterocycles. The Hall–Kier alpha value is -1.84. The Morgan fingerprint density at radius 1 is 1.32 bits per heavy atom. The minimum Gasteiger partial charge on any atom is -0.386 e. The zero-order valence-corrected chi connectivity index (χ0v) is 15.7. The van der Waals surface area contributed by atoms with Gasteiger partial charge in [-0.05, 0) is 13.2 Å². The van der Waals surface area contributed by atoms with Gasteiger partial charge in [0.25, 0.3) is 0 Å². The van der Waals surface area contributed by atoms with E-state index in [1.54, 1.807) is 6.92 Å². The highest BCUT2D eigenvalue weighted by Gasteiger charge is 2.31. The molecular formula is C16H22N6O2S. The van der Waals surface area contributed by atoms with Crippen molar-refractivity contribution in [1.29, 1.82) is 0 Å². The average Bonchev–Trinajstić information content (AvgIpc) is 3.02. The second kappa shape index (κ2) is 5.86. The van der Waals surface area contributed by atoms with Crippen LogP contribution < -0.4 is 4.90 Å². The molecule has 8 nitrogen and oxygen atoms in total. The Morgan fingerprint density at radius 3 is 2.88 bits per heavy atom. The van der Waals surface area contributed by atoms with Gasteiger partial charge in [0, 0.05) is 20.6 Å². The summed E-state index contributed by atoms with van der Waals surface area (Å²) in [5.74, 6) is 0.828. The van der Waals surface area contributed by atoms with Crippen LogP contribution in [0, 0.1) is 0 Å². The second-order valence-corrected chi connectivity index (χ2v) is 7.54. The predicted molar refractivity (Wildman–Crippen MR) is 98.2 cm³/mol. The molecule has 0 aromatic carbocycles. The summed E-state index contributed by atoms with van der Waals surface area (Å²) >= 11 is 1.51. The van der Waals surface area contributed by atoms with Crippen molar-refractivity contribution in [2.24, 2.45) is 14.1 Å². The maximum absolute atomic E-state index is 10.6. The molecule has 0 saturated carbocycles. The van der Waals surface area contributed by atoms with E-state index in [1.165, 1.54) is 11.8 Å². The molecular weight excluding hydrogens is 340 g/mol. The number of ether oxygens (including phenoxy) is 1. The van der Waals surface area contributed by atoms with E-state index < -0.39 is 5.60 Å². The van der Waals surface area contributed by atoms with Crippen molar-refractivity contribution in [2.75, 3.05) is 37.5 Å². The maximum atomic E-state index is 10.6. The van der Waals surface area contributed by atoms with Crippen LogP contribution in [0.15, 0.2) is 11.4 Å². The molecule has 25 heavy (non-hydrogen) atoms. The van der Waals surface area contributed by atoms with Gasteiger partial charge in [-0.2, -0.15) is 5.10 Å². The van der Waals surface area contributed by atoms with Gasteiger partial charge in [0.15, 0.2) is 5.16 Å². The molecule has 4 rings (SSSR count). The van der Waals surface area contributed by atoms with Gasteiger partial charge in [0.2, 0.25) is 0 Å². The van der Waals surface area contributed by atoms with E-state index >= 15 is 0 Å². The van der Waals surface area contributed by atoms with Crippen molar-refractivity contribution in [2.45, 2.75) is 17.7 Å². The first-order chi connectivity index (χ1) is 11.9. The topological polar surface area (TPSA) is 81.2 Å². The number of rotatable bonds is 2. The van der Waals surface area contributed by atoms with Crippen molar-refractivity contribution < 1.29 is 9.84 Å². The number of aryl methyl sites for hydroxylation is 2. The molecule has 3 aromatic heterocycles. The third-order valence-corrected chi connectivity index (χ3v) is 5.17. The summed E-state index contributed by atoms with van der Waals surface area (Å²) in [5, 5.41) is 16.6. The van der Waals surface area contributed by atoms with E-state index in [4.69, 9.17) is 14.7 Å². The normalized spacial score (nSPS) is 22.0. The number of aliphatic hydroxyl groups is 1. The van der Waals surface area contributed by atoms with Crippen LogP contribution in [0.1, 0.15) is 6.92 Å². The highest BCUT2D eigenvalue weighted by Crippen LogP contribution is 2.35. The van der Waals surface area contributed by atoms with Gasteiger partial charge >= 0.3 is 0 Å². The minimum atomic E-state index is -0.923. The lowest BCUT2D eigenvalue weighted by Crippen LogP contribution is -2.42. The molecule has 0 aliphatic carbocycles. The van der Waals surface area contributed by atoms with Gasteiger partial charge in [0.05, 0.1) is 42.4 Å². The molecule has 1 fully saturated rings. The lowest BCUT2D eigenvalue weighted by molar-refractivity contribution is -0.0123. The molecule has 0 spiro atoms. The first-order valence-electron chi connectivity index (χ1n) is 8.18. The number of hydrogen-bond acceptors (Lipinski definition) is 7. The zero-order chi connectivity index (χ0) is 17.8. The average molecular weight is 362 g/mol. The Kier molecular flexibility index (Phi) is 3.89. The molecule has 1 saturated heterocycles. The van der Waals surface area contributed by atoms with E-state index in [-0.39, 0.29) is 0 Å². The van der Waals surface area contributed by atoms with Crippen molar-refractivity contribution >= 4 is 39.6 Å². The molecule has 134 valence electrons. The number of aromatic nitrogens is 5. The molecule has 1 N–H and O–H groups in total. The van der Waals surface area contributed by atoms with E-state index in [2.05, 4.69) is 14.6 Å². The summed E-state index contributed by atoms with van der Waals surface area (Å²) in [5.41, 5.74) is 1.98. The highest BCUT2D eigenvalue weighted by molar-refractivity contribution is 7.98. The fraction of sp³-hybridized carbons (Fsp3) is 0.562. The monoisotopic (exact) mass is 362 g/mol. The molecule has 9 heteroatoms. The van der Waals surface area contributed by atoms with Crippen LogP contribution in [-0.4, -0.2) is 67.6 Å². The first-order valence-corrected chi connectivity index (χ1v) is 9.41. The molecule has 1 aliphatic heterocycles. The summed E-state index contributed by atoms with van der Waals surface area (Å²) in [6.07, 6.45) is 3.82. The largest absolute Gasteiger partial charge is 0.386 e. The minimum absolute atomic E-state index is 0.322.